The molecule has 1 saturated carbocycles. The first-order chi connectivity index (χ1) is 8.68. The largest absolute Gasteiger partial charge is 0.386 e. The van der Waals surface area contributed by atoms with E-state index >= 15 is 0 Å². The molecule has 3 N–H and O–H groups in total. The smallest absolute Gasteiger partial charge is 0.315 e. The second kappa shape index (κ2) is 6.91. The number of rotatable bonds is 3. The van der Waals surface area contributed by atoms with E-state index in [1.54, 1.807) is 23.5 Å². The van der Waals surface area contributed by atoms with Crippen LogP contribution in [0.2, 0.25) is 0 Å². The third kappa shape index (κ3) is 4.55. The Kier molecular flexibility index (Phi) is 5.51. The monoisotopic (exact) mass is 290 g/mol. The summed E-state index contributed by atoms with van der Waals surface area (Å²) in [5.41, 5.74) is -0.751. The summed E-state index contributed by atoms with van der Waals surface area (Å²) < 4.78 is 0. The van der Waals surface area contributed by atoms with Gasteiger partial charge in [0.2, 0.25) is 0 Å². The summed E-state index contributed by atoms with van der Waals surface area (Å²) in [6.45, 7) is 0.353. The lowest BCUT2D eigenvalue weighted by Gasteiger charge is -2.26. The lowest BCUT2D eigenvalue weighted by Crippen LogP contribution is -2.50. The summed E-state index contributed by atoms with van der Waals surface area (Å²) in [5.74, 6) is 3.59. The van der Waals surface area contributed by atoms with E-state index < -0.39 is 5.60 Å². The molecule has 2 amide bonds. The average molecular weight is 290 g/mol. The predicted molar refractivity (Wildman–Crippen MR) is 78.4 cm³/mol. The number of hydrogen-bond donors (Lipinski definition) is 3. The van der Waals surface area contributed by atoms with Crippen molar-refractivity contribution in [3.05, 3.63) is 0 Å². The Labute approximate surface area is 117 Å². The minimum Gasteiger partial charge on any atom is -0.386 e. The first-order valence-corrected chi connectivity index (χ1v) is 8.91. The van der Waals surface area contributed by atoms with Crippen molar-refractivity contribution in [2.45, 2.75) is 37.3 Å². The third-order valence-corrected chi connectivity index (χ3v) is 6.11. The fourth-order valence-electron chi connectivity index (χ4n) is 2.34. The molecule has 1 aliphatic carbocycles. The molecule has 0 aromatic heterocycles. The highest BCUT2D eigenvalue weighted by molar-refractivity contribution is 8.03. The van der Waals surface area contributed by atoms with E-state index in [0.717, 1.165) is 24.3 Å². The van der Waals surface area contributed by atoms with E-state index in [4.69, 9.17) is 0 Å². The van der Waals surface area contributed by atoms with E-state index in [1.165, 1.54) is 12.8 Å². The highest BCUT2D eigenvalue weighted by Crippen LogP contribution is 2.24. The Morgan fingerprint density at radius 2 is 1.83 bits per heavy atom. The van der Waals surface area contributed by atoms with Crippen molar-refractivity contribution in [2.75, 3.05) is 29.6 Å². The van der Waals surface area contributed by atoms with Crippen molar-refractivity contribution in [1.82, 2.24) is 10.6 Å². The molecular formula is C12H22N2O2S2. The lowest BCUT2D eigenvalue weighted by molar-refractivity contribution is 0.0919. The summed E-state index contributed by atoms with van der Waals surface area (Å²) in [4.78, 5) is 11.7. The molecule has 0 radical (unpaired) electrons. The summed E-state index contributed by atoms with van der Waals surface area (Å²) in [7, 11) is 0. The van der Waals surface area contributed by atoms with Gasteiger partial charge in [0.25, 0.3) is 0 Å². The standard InChI is InChI=1S/C12H22N2O2S2/c15-11(14-10-3-1-2-4-10)13-7-12(16)8-17-5-6-18-9-12/h10,16H,1-9H2,(H2,13,14,15). The molecular weight excluding hydrogens is 268 g/mol. The Hall–Kier alpha value is -0.0700. The van der Waals surface area contributed by atoms with Crippen LogP contribution in [0.25, 0.3) is 0 Å². The van der Waals surface area contributed by atoms with Gasteiger partial charge in [0.05, 0.1) is 5.60 Å². The topological polar surface area (TPSA) is 61.4 Å². The third-order valence-electron chi connectivity index (χ3n) is 3.38. The van der Waals surface area contributed by atoms with E-state index in [-0.39, 0.29) is 6.03 Å². The Morgan fingerprint density at radius 1 is 1.22 bits per heavy atom. The van der Waals surface area contributed by atoms with Gasteiger partial charge >= 0.3 is 6.03 Å². The summed E-state index contributed by atoms with van der Waals surface area (Å²) in [5, 5.41) is 16.2. The van der Waals surface area contributed by atoms with Gasteiger partial charge in [-0.1, -0.05) is 12.8 Å². The van der Waals surface area contributed by atoms with Crippen LogP contribution in [0.15, 0.2) is 0 Å². The van der Waals surface area contributed by atoms with Crippen LogP contribution in [0.1, 0.15) is 25.7 Å². The zero-order chi connectivity index (χ0) is 12.8. The van der Waals surface area contributed by atoms with Crippen LogP contribution in [0, 0.1) is 0 Å². The molecule has 1 heterocycles. The van der Waals surface area contributed by atoms with Crippen LogP contribution in [0.4, 0.5) is 4.79 Å². The molecule has 0 spiro atoms. The average Bonchev–Trinajstić information content (AvgIpc) is 2.75. The second-order valence-corrected chi connectivity index (χ2v) is 7.35. The van der Waals surface area contributed by atoms with Crippen LogP contribution < -0.4 is 10.6 Å². The van der Waals surface area contributed by atoms with E-state index in [9.17, 15) is 9.90 Å². The second-order valence-electron chi connectivity index (χ2n) is 5.14. The Bertz CT molecular complexity index is 275. The van der Waals surface area contributed by atoms with Crippen LogP contribution in [0.3, 0.4) is 0 Å². The summed E-state index contributed by atoms with van der Waals surface area (Å²) in [6, 6.07) is 0.201. The molecule has 1 saturated heterocycles. The van der Waals surface area contributed by atoms with E-state index in [1.807, 2.05) is 0 Å². The molecule has 0 aromatic rings. The van der Waals surface area contributed by atoms with Crippen LogP contribution in [-0.4, -0.2) is 52.3 Å². The molecule has 0 unspecified atom stereocenters. The molecule has 0 atom stereocenters. The van der Waals surface area contributed by atoms with Crippen molar-refractivity contribution in [2.24, 2.45) is 0 Å². The number of carbonyl (C=O) groups excluding carboxylic acids is 1. The molecule has 2 fully saturated rings. The van der Waals surface area contributed by atoms with Crippen LogP contribution in [-0.2, 0) is 0 Å². The molecule has 2 aliphatic rings. The van der Waals surface area contributed by atoms with Gasteiger partial charge < -0.3 is 15.7 Å². The zero-order valence-corrected chi connectivity index (χ0v) is 12.2. The molecule has 0 aromatic carbocycles. The molecule has 0 bridgehead atoms. The highest BCUT2D eigenvalue weighted by atomic mass is 32.2. The SMILES string of the molecule is O=C(NCC1(O)CSCCSC1)NC1CCCC1. The first-order valence-electron chi connectivity index (χ1n) is 6.60. The van der Waals surface area contributed by atoms with E-state index in [0.29, 0.717) is 24.1 Å². The predicted octanol–water partition coefficient (Wildman–Crippen LogP) is 1.44. The van der Waals surface area contributed by atoms with Gasteiger partial charge in [-0.15, -0.1) is 0 Å². The normalized spacial score (nSPS) is 24.5. The Balaban J connectivity index is 1.70. The number of urea groups is 1. The molecule has 4 nitrogen and oxygen atoms in total. The van der Waals surface area contributed by atoms with Crippen molar-refractivity contribution < 1.29 is 9.90 Å². The van der Waals surface area contributed by atoms with Crippen molar-refractivity contribution >= 4 is 29.6 Å². The molecule has 6 heteroatoms. The van der Waals surface area contributed by atoms with Crippen molar-refractivity contribution in [3.8, 4) is 0 Å². The first kappa shape index (κ1) is 14.3. The fraction of sp³-hybridized carbons (Fsp3) is 0.917. The highest BCUT2D eigenvalue weighted by Gasteiger charge is 2.29. The number of amides is 2. The zero-order valence-electron chi connectivity index (χ0n) is 10.6. The molecule has 18 heavy (non-hydrogen) atoms. The Morgan fingerprint density at radius 3 is 2.44 bits per heavy atom. The van der Waals surface area contributed by atoms with Gasteiger partial charge in [0.1, 0.15) is 0 Å². The minimum atomic E-state index is -0.751. The fourth-order valence-corrected chi connectivity index (χ4v) is 4.87. The maximum Gasteiger partial charge on any atom is 0.315 e. The summed E-state index contributed by atoms with van der Waals surface area (Å²) >= 11 is 3.53. The minimum absolute atomic E-state index is 0.130. The van der Waals surface area contributed by atoms with Crippen LogP contribution >= 0.6 is 23.5 Å². The van der Waals surface area contributed by atoms with Crippen molar-refractivity contribution in [1.29, 1.82) is 0 Å². The van der Waals surface area contributed by atoms with Crippen LogP contribution in [0.5, 0.6) is 0 Å². The maximum absolute atomic E-state index is 11.7. The van der Waals surface area contributed by atoms with Gasteiger partial charge in [0.15, 0.2) is 0 Å². The quantitative estimate of drug-likeness (QED) is 0.736. The van der Waals surface area contributed by atoms with E-state index in [2.05, 4.69) is 10.6 Å². The maximum atomic E-state index is 11.7. The number of thioether (sulfide) groups is 2. The number of aliphatic hydroxyl groups is 1. The molecule has 104 valence electrons. The van der Waals surface area contributed by atoms with Gasteiger partial charge in [-0.2, -0.15) is 23.5 Å². The number of hydrogen-bond acceptors (Lipinski definition) is 4. The lowest BCUT2D eigenvalue weighted by atomic mass is 10.1. The molecule has 2 rings (SSSR count). The molecule has 1 aliphatic heterocycles. The van der Waals surface area contributed by atoms with Crippen molar-refractivity contribution in [3.63, 3.8) is 0 Å². The van der Waals surface area contributed by atoms with Gasteiger partial charge in [0, 0.05) is 35.6 Å². The van der Waals surface area contributed by atoms with Gasteiger partial charge in [-0.25, -0.2) is 4.79 Å². The number of carbonyl (C=O) groups is 1. The summed E-state index contributed by atoms with van der Waals surface area (Å²) in [6.07, 6.45) is 4.59. The van der Waals surface area contributed by atoms with Gasteiger partial charge in [-0.3, -0.25) is 0 Å². The van der Waals surface area contributed by atoms with Gasteiger partial charge in [-0.05, 0) is 12.8 Å². The number of nitrogens with one attached hydrogen (secondary N) is 2.